The fraction of sp³-hybridized carbons (Fsp3) is 0.650. The van der Waals surface area contributed by atoms with Gasteiger partial charge in [0.15, 0.2) is 0 Å². The Kier molecular flexibility index (Phi) is 5.71. The van der Waals surface area contributed by atoms with Crippen LogP contribution in [0.2, 0.25) is 0 Å². The van der Waals surface area contributed by atoms with Crippen molar-refractivity contribution in [3.05, 3.63) is 35.9 Å². The zero-order valence-electron chi connectivity index (χ0n) is 14.3. The Morgan fingerprint density at radius 2 is 1.91 bits per heavy atom. The molecule has 1 amide bonds. The molecule has 1 N–H and O–H groups in total. The van der Waals surface area contributed by atoms with Crippen LogP contribution in [-0.4, -0.2) is 37.0 Å². The molecular formula is C20H30N2O. The van der Waals surface area contributed by atoms with Crippen LogP contribution in [0.1, 0.15) is 50.5 Å². The van der Waals surface area contributed by atoms with Crippen LogP contribution in [0.3, 0.4) is 0 Å². The van der Waals surface area contributed by atoms with E-state index in [1.165, 1.54) is 18.4 Å². The third-order valence-electron chi connectivity index (χ3n) is 5.71. The van der Waals surface area contributed by atoms with Crippen molar-refractivity contribution in [2.75, 3.05) is 26.2 Å². The van der Waals surface area contributed by atoms with Gasteiger partial charge in [-0.2, -0.15) is 0 Å². The average Bonchev–Trinajstić information content (AvgIpc) is 2.61. The number of benzene rings is 1. The third kappa shape index (κ3) is 4.35. The molecule has 2 aliphatic rings. The van der Waals surface area contributed by atoms with Crippen LogP contribution < -0.4 is 5.32 Å². The van der Waals surface area contributed by atoms with Crippen molar-refractivity contribution in [1.82, 2.24) is 10.2 Å². The number of carbonyl (C=O) groups is 1. The van der Waals surface area contributed by atoms with Crippen LogP contribution in [0.15, 0.2) is 30.3 Å². The predicted molar refractivity (Wildman–Crippen MR) is 94.4 cm³/mol. The Hall–Kier alpha value is -1.35. The van der Waals surface area contributed by atoms with E-state index in [1.54, 1.807) is 0 Å². The van der Waals surface area contributed by atoms with Crippen LogP contribution in [-0.2, 0) is 4.79 Å². The number of hydrogen-bond acceptors (Lipinski definition) is 2. The molecule has 0 aromatic heterocycles. The van der Waals surface area contributed by atoms with E-state index in [0.717, 1.165) is 51.4 Å². The zero-order chi connectivity index (χ0) is 16.1. The lowest BCUT2D eigenvalue weighted by Gasteiger charge is -2.37. The van der Waals surface area contributed by atoms with Crippen molar-refractivity contribution in [3.63, 3.8) is 0 Å². The number of hydrogen-bond donors (Lipinski definition) is 1. The Morgan fingerprint density at radius 1 is 1.17 bits per heavy atom. The largest absolute Gasteiger partial charge is 0.342 e. The minimum Gasteiger partial charge on any atom is -0.342 e. The summed E-state index contributed by atoms with van der Waals surface area (Å²) in [6.45, 7) is 6.39. The van der Waals surface area contributed by atoms with Gasteiger partial charge < -0.3 is 10.2 Å². The summed E-state index contributed by atoms with van der Waals surface area (Å²) in [6.07, 6.45) is 5.39. The minimum atomic E-state index is 0.377. The van der Waals surface area contributed by atoms with Crippen LogP contribution >= 0.6 is 0 Å². The van der Waals surface area contributed by atoms with Crippen LogP contribution in [0, 0.1) is 11.8 Å². The van der Waals surface area contributed by atoms with Gasteiger partial charge in [-0.1, -0.05) is 37.3 Å². The Balaban J connectivity index is 1.48. The molecule has 2 unspecified atom stereocenters. The molecule has 0 bridgehead atoms. The molecule has 0 spiro atoms. The summed E-state index contributed by atoms with van der Waals surface area (Å²) in [4.78, 5) is 14.7. The molecule has 1 aromatic rings. The molecule has 2 heterocycles. The van der Waals surface area contributed by atoms with Crippen molar-refractivity contribution in [3.8, 4) is 0 Å². The standard InChI is InChI=1S/C20H30N2O/c1-16-15-22(14-11-19(16)18-5-3-2-4-6-18)20(23)8-7-17-9-12-21-13-10-17/h2-6,16-17,19,21H,7-15H2,1H3. The normalized spacial score (nSPS) is 26.2. The Morgan fingerprint density at radius 3 is 2.61 bits per heavy atom. The second-order valence-electron chi connectivity index (χ2n) is 7.35. The maximum Gasteiger partial charge on any atom is 0.222 e. The zero-order valence-corrected chi connectivity index (χ0v) is 14.3. The van der Waals surface area contributed by atoms with E-state index < -0.39 is 0 Å². The Bertz CT molecular complexity index is 496. The summed E-state index contributed by atoms with van der Waals surface area (Å²) in [5, 5.41) is 3.40. The third-order valence-corrected chi connectivity index (χ3v) is 5.71. The summed E-state index contributed by atoms with van der Waals surface area (Å²) in [5.41, 5.74) is 1.43. The molecule has 3 nitrogen and oxygen atoms in total. The molecule has 3 heteroatoms. The molecule has 0 radical (unpaired) electrons. The highest BCUT2D eigenvalue weighted by molar-refractivity contribution is 5.76. The fourth-order valence-corrected chi connectivity index (χ4v) is 4.22. The lowest BCUT2D eigenvalue weighted by molar-refractivity contribution is -0.133. The number of piperidine rings is 2. The first kappa shape index (κ1) is 16.5. The van der Waals surface area contributed by atoms with Gasteiger partial charge in [0, 0.05) is 19.5 Å². The highest BCUT2D eigenvalue weighted by Gasteiger charge is 2.29. The van der Waals surface area contributed by atoms with E-state index in [9.17, 15) is 4.79 Å². The van der Waals surface area contributed by atoms with Gasteiger partial charge in [0.05, 0.1) is 0 Å². The lowest BCUT2D eigenvalue weighted by atomic mass is 9.81. The van der Waals surface area contributed by atoms with E-state index in [4.69, 9.17) is 0 Å². The summed E-state index contributed by atoms with van der Waals surface area (Å²) >= 11 is 0. The summed E-state index contributed by atoms with van der Waals surface area (Å²) in [5.74, 6) is 2.28. The topological polar surface area (TPSA) is 32.3 Å². The molecule has 2 aliphatic heterocycles. The van der Waals surface area contributed by atoms with Crippen molar-refractivity contribution in [2.45, 2.75) is 44.9 Å². The monoisotopic (exact) mass is 314 g/mol. The molecule has 0 aliphatic carbocycles. The number of amides is 1. The van der Waals surface area contributed by atoms with E-state index >= 15 is 0 Å². The molecule has 23 heavy (non-hydrogen) atoms. The van der Waals surface area contributed by atoms with Gasteiger partial charge >= 0.3 is 0 Å². The maximum atomic E-state index is 12.5. The summed E-state index contributed by atoms with van der Waals surface area (Å²) in [7, 11) is 0. The van der Waals surface area contributed by atoms with E-state index in [-0.39, 0.29) is 0 Å². The summed E-state index contributed by atoms with van der Waals surface area (Å²) in [6, 6.07) is 10.8. The van der Waals surface area contributed by atoms with Gasteiger partial charge in [0.1, 0.15) is 0 Å². The molecule has 3 rings (SSSR count). The second kappa shape index (κ2) is 7.96. The number of likely N-dealkylation sites (tertiary alicyclic amines) is 1. The smallest absolute Gasteiger partial charge is 0.222 e. The number of carbonyl (C=O) groups excluding carboxylic acids is 1. The Labute approximate surface area is 140 Å². The van der Waals surface area contributed by atoms with Crippen molar-refractivity contribution in [1.29, 1.82) is 0 Å². The van der Waals surface area contributed by atoms with E-state index in [1.807, 2.05) is 0 Å². The second-order valence-corrected chi connectivity index (χ2v) is 7.35. The first-order valence-electron chi connectivity index (χ1n) is 9.27. The number of rotatable bonds is 4. The minimum absolute atomic E-state index is 0.377. The molecular weight excluding hydrogens is 284 g/mol. The SMILES string of the molecule is CC1CN(C(=O)CCC2CCNCC2)CCC1c1ccccc1. The average molecular weight is 314 g/mol. The van der Waals surface area contributed by atoms with Crippen LogP contribution in [0.25, 0.3) is 0 Å². The molecule has 2 atom stereocenters. The first-order valence-corrected chi connectivity index (χ1v) is 9.27. The lowest BCUT2D eigenvalue weighted by Crippen LogP contribution is -2.42. The molecule has 126 valence electrons. The molecule has 2 saturated heterocycles. The van der Waals surface area contributed by atoms with Crippen LogP contribution in [0.5, 0.6) is 0 Å². The van der Waals surface area contributed by atoms with E-state index in [2.05, 4.69) is 47.5 Å². The van der Waals surface area contributed by atoms with E-state index in [0.29, 0.717) is 17.7 Å². The van der Waals surface area contributed by atoms with Gasteiger partial charge in [-0.15, -0.1) is 0 Å². The highest BCUT2D eigenvalue weighted by atomic mass is 16.2. The molecule has 1 aromatic carbocycles. The number of nitrogens with one attached hydrogen (secondary N) is 1. The first-order chi connectivity index (χ1) is 11.2. The highest BCUT2D eigenvalue weighted by Crippen LogP contribution is 2.33. The fourth-order valence-electron chi connectivity index (χ4n) is 4.22. The van der Waals surface area contributed by atoms with Gasteiger partial charge in [-0.25, -0.2) is 0 Å². The maximum absolute atomic E-state index is 12.5. The number of nitrogens with zero attached hydrogens (tertiary/aromatic N) is 1. The van der Waals surface area contributed by atoms with Gasteiger partial charge in [0.25, 0.3) is 0 Å². The molecule has 2 fully saturated rings. The van der Waals surface area contributed by atoms with Gasteiger partial charge in [0.2, 0.25) is 5.91 Å². The van der Waals surface area contributed by atoms with Crippen LogP contribution in [0.4, 0.5) is 0 Å². The van der Waals surface area contributed by atoms with Gasteiger partial charge in [-0.05, 0) is 62.1 Å². The van der Waals surface area contributed by atoms with Gasteiger partial charge in [-0.3, -0.25) is 4.79 Å². The van der Waals surface area contributed by atoms with Crippen molar-refractivity contribution < 1.29 is 4.79 Å². The molecule has 0 saturated carbocycles. The quantitative estimate of drug-likeness (QED) is 0.923. The van der Waals surface area contributed by atoms with Crippen molar-refractivity contribution >= 4 is 5.91 Å². The predicted octanol–water partition coefficient (Wildman–Crippen LogP) is 3.42. The summed E-state index contributed by atoms with van der Waals surface area (Å²) < 4.78 is 0. The van der Waals surface area contributed by atoms with Crippen molar-refractivity contribution in [2.24, 2.45) is 11.8 Å².